The Labute approximate surface area is 116 Å². The van der Waals surface area contributed by atoms with Gasteiger partial charge in [0.25, 0.3) is 0 Å². The van der Waals surface area contributed by atoms with Gasteiger partial charge in [0.1, 0.15) is 5.75 Å². The van der Waals surface area contributed by atoms with Crippen molar-refractivity contribution >= 4 is 5.69 Å². The highest BCUT2D eigenvalue weighted by molar-refractivity contribution is 5.54. The molecular weight excluding hydrogens is 236 g/mol. The van der Waals surface area contributed by atoms with Crippen molar-refractivity contribution in [3.8, 4) is 5.75 Å². The molecule has 3 nitrogen and oxygen atoms in total. The van der Waals surface area contributed by atoms with E-state index >= 15 is 0 Å². The van der Waals surface area contributed by atoms with Crippen LogP contribution in [0.1, 0.15) is 37.7 Å². The Bertz CT molecular complexity index is 400. The summed E-state index contributed by atoms with van der Waals surface area (Å²) in [5.74, 6) is 1.65. The van der Waals surface area contributed by atoms with Crippen LogP contribution in [0.25, 0.3) is 0 Å². The highest BCUT2D eigenvalue weighted by Crippen LogP contribution is 2.25. The first kappa shape index (κ1) is 14.2. The summed E-state index contributed by atoms with van der Waals surface area (Å²) in [5.41, 5.74) is 7.94. The summed E-state index contributed by atoms with van der Waals surface area (Å²) in [6, 6.07) is 6.09. The molecule has 19 heavy (non-hydrogen) atoms. The van der Waals surface area contributed by atoms with Gasteiger partial charge in [0.2, 0.25) is 0 Å². The highest BCUT2D eigenvalue weighted by atomic mass is 16.5. The molecular formula is C16H26N2O. The molecule has 106 valence electrons. The van der Waals surface area contributed by atoms with Gasteiger partial charge in [0, 0.05) is 13.1 Å². The second-order valence-electron chi connectivity index (χ2n) is 5.78. The molecule has 0 saturated heterocycles. The molecule has 1 saturated carbocycles. The number of hydrogen-bond acceptors (Lipinski definition) is 3. The standard InChI is InChI=1S/C16H26N2O/c1-18(11-13-6-4-3-5-7-13)12-14-8-9-16(19-2)15(17)10-14/h8-10,13H,3-7,11-12,17H2,1-2H3. The molecule has 1 aromatic carbocycles. The van der Waals surface area contributed by atoms with Crippen LogP contribution in [0, 0.1) is 5.92 Å². The quantitative estimate of drug-likeness (QED) is 0.828. The molecule has 2 N–H and O–H groups in total. The van der Waals surface area contributed by atoms with Crippen LogP contribution in [0.2, 0.25) is 0 Å². The van der Waals surface area contributed by atoms with Crippen LogP contribution in [-0.2, 0) is 6.54 Å². The lowest BCUT2D eigenvalue weighted by atomic mass is 9.89. The van der Waals surface area contributed by atoms with Gasteiger partial charge in [-0.1, -0.05) is 25.3 Å². The van der Waals surface area contributed by atoms with E-state index < -0.39 is 0 Å². The van der Waals surface area contributed by atoms with Crippen LogP contribution in [0.5, 0.6) is 5.75 Å². The number of hydrogen-bond donors (Lipinski definition) is 1. The van der Waals surface area contributed by atoms with Crippen molar-refractivity contribution < 1.29 is 4.74 Å². The molecule has 1 aromatic rings. The highest BCUT2D eigenvalue weighted by Gasteiger charge is 2.15. The van der Waals surface area contributed by atoms with E-state index in [9.17, 15) is 0 Å². The maximum atomic E-state index is 5.95. The minimum atomic E-state index is 0.728. The van der Waals surface area contributed by atoms with Gasteiger partial charge >= 0.3 is 0 Å². The van der Waals surface area contributed by atoms with Crippen LogP contribution in [0.4, 0.5) is 5.69 Å². The third-order valence-electron chi connectivity index (χ3n) is 4.04. The summed E-state index contributed by atoms with van der Waals surface area (Å²) in [6.07, 6.45) is 7.04. The first-order chi connectivity index (χ1) is 9.19. The molecule has 1 fully saturated rings. The lowest BCUT2D eigenvalue weighted by Crippen LogP contribution is -2.26. The molecule has 3 heteroatoms. The molecule has 0 bridgehead atoms. The fourth-order valence-corrected chi connectivity index (χ4v) is 3.07. The van der Waals surface area contributed by atoms with Gasteiger partial charge in [0.05, 0.1) is 12.8 Å². The number of nitrogens with zero attached hydrogens (tertiary/aromatic N) is 1. The van der Waals surface area contributed by atoms with Crippen molar-refractivity contribution in [2.75, 3.05) is 26.4 Å². The molecule has 1 aliphatic rings. The van der Waals surface area contributed by atoms with Gasteiger partial charge in [0.15, 0.2) is 0 Å². The Morgan fingerprint density at radius 2 is 2.00 bits per heavy atom. The van der Waals surface area contributed by atoms with Crippen molar-refractivity contribution in [1.82, 2.24) is 4.90 Å². The summed E-state index contributed by atoms with van der Waals surface area (Å²) in [4.78, 5) is 2.41. The zero-order valence-electron chi connectivity index (χ0n) is 12.2. The Morgan fingerprint density at radius 1 is 1.26 bits per heavy atom. The molecule has 2 rings (SSSR count). The molecule has 1 aliphatic carbocycles. The molecule has 0 unspecified atom stereocenters. The fourth-order valence-electron chi connectivity index (χ4n) is 3.07. The zero-order valence-corrected chi connectivity index (χ0v) is 12.2. The largest absolute Gasteiger partial charge is 0.495 e. The maximum absolute atomic E-state index is 5.95. The summed E-state index contributed by atoms with van der Waals surface area (Å²) >= 11 is 0. The van der Waals surface area contributed by atoms with Gasteiger partial charge in [-0.05, 0) is 43.5 Å². The number of rotatable bonds is 5. The lowest BCUT2D eigenvalue weighted by Gasteiger charge is -2.27. The third-order valence-corrected chi connectivity index (χ3v) is 4.04. The maximum Gasteiger partial charge on any atom is 0.141 e. The second kappa shape index (κ2) is 6.80. The minimum absolute atomic E-state index is 0.728. The third kappa shape index (κ3) is 4.13. The minimum Gasteiger partial charge on any atom is -0.495 e. The van der Waals surface area contributed by atoms with Crippen LogP contribution >= 0.6 is 0 Å². The zero-order chi connectivity index (χ0) is 13.7. The summed E-state index contributed by atoms with van der Waals surface area (Å²) < 4.78 is 5.19. The van der Waals surface area contributed by atoms with E-state index in [-0.39, 0.29) is 0 Å². The van der Waals surface area contributed by atoms with Crippen molar-refractivity contribution in [2.45, 2.75) is 38.6 Å². The number of benzene rings is 1. The topological polar surface area (TPSA) is 38.5 Å². The van der Waals surface area contributed by atoms with Gasteiger partial charge in [-0.15, -0.1) is 0 Å². The van der Waals surface area contributed by atoms with Crippen molar-refractivity contribution in [1.29, 1.82) is 0 Å². The van der Waals surface area contributed by atoms with E-state index in [1.165, 1.54) is 44.2 Å². The van der Waals surface area contributed by atoms with Crippen LogP contribution in [0.3, 0.4) is 0 Å². The van der Waals surface area contributed by atoms with Gasteiger partial charge in [-0.25, -0.2) is 0 Å². The molecule has 0 heterocycles. The van der Waals surface area contributed by atoms with E-state index in [4.69, 9.17) is 10.5 Å². The Hall–Kier alpha value is -1.22. The van der Waals surface area contributed by atoms with E-state index in [1.54, 1.807) is 7.11 Å². The van der Waals surface area contributed by atoms with E-state index in [2.05, 4.69) is 18.0 Å². The average molecular weight is 262 g/mol. The second-order valence-corrected chi connectivity index (χ2v) is 5.78. The van der Waals surface area contributed by atoms with Gasteiger partial charge in [-0.2, -0.15) is 0 Å². The van der Waals surface area contributed by atoms with Crippen LogP contribution in [0.15, 0.2) is 18.2 Å². The summed E-state index contributed by atoms with van der Waals surface area (Å²) in [6.45, 7) is 2.16. The molecule has 0 atom stereocenters. The molecule has 0 spiro atoms. The Kier molecular flexibility index (Phi) is 5.08. The predicted molar refractivity (Wildman–Crippen MR) is 80.3 cm³/mol. The smallest absolute Gasteiger partial charge is 0.141 e. The van der Waals surface area contributed by atoms with Gasteiger partial charge < -0.3 is 15.4 Å². The summed E-state index contributed by atoms with van der Waals surface area (Å²) in [7, 11) is 3.86. The van der Waals surface area contributed by atoms with E-state index in [0.717, 1.165) is 23.9 Å². The normalized spacial score (nSPS) is 16.8. The predicted octanol–water partition coefficient (Wildman–Crippen LogP) is 3.29. The van der Waals surface area contributed by atoms with Crippen molar-refractivity contribution in [3.63, 3.8) is 0 Å². The number of anilines is 1. The monoisotopic (exact) mass is 262 g/mol. The van der Waals surface area contributed by atoms with Gasteiger partial charge in [-0.3, -0.25) is 0 Å². The van der Waals surface area contributed by atoms with Crippen LogP contribution in [-0.4, -0.2) is 25.6 Å². The molecule has 0 aromatic heterocycles. The fraction of sp³-hybridized carbons (Fsp3) is 0.625. The van der Waals surface area contributed by atoms with Crippen molar-refractivity contribution in [3.05, 3.63) is 23.8 Å². The number of nitrogens with two attached hydrogens (primary N) is 1. The molecule has 0 aliphatic heterocycles. The van der Waals surface area contributed by atoms with Crippen molar-refractivity contribution in [2.24, 2.45) is 5.92 Å². The van der Waals surface area contributed by atoms with E-state index in [0.29, 0.717) is 0 Å². The Morgan fingerprint density at radius 3 is 2.63 bits per heavy atom. The number of methoxy groups -OCH3 is 1. The first-order valence-corrected chi connectivity index (χ1v) is 7.30. The first-order valence-electron chi connectivity index (χ1n) is 7.30. The van der Waals surface area contributed by atoms with E-state index in [1.807, 2.05) is 12.1 Å². The molecule has 0 amide bonds. The lowest BCUT2D eigenvalue weighted by molar-refractivity contribution is 0.228. The average Bonchev–Trinajstić information content (AvgIpc) is 2.40. The SMILES string of the molecule is COc1ccc(CN(C)CC2CCCCC2)cc1N. The number of ether oxygens (including phenoxy) is 1. The molecule has 0 radical (unpaired) electrons. The summed E-state index contributed by atoms with van der Waals surface area (Å²) in [5, 5.41) is 0. The van der Waals surface area contributed by atoms with Crippen LogP contribution < -0.4 is 10.5 Å². The Balaban J connectivity index is 1.87. The number of nitrogen functional groups attached to an aromatic ring is 1.